The molecular formula is C22H20N4OS. The number of benzene rings is 2. The van der Waals surface area contributed by atoms with Crippen LogP contribution in [0.2, 0.25) is 0 Å². The van der Waals surface area contributed by atoms with E-state index in [1.54, 1.807) is 12.3 Å². The van der Waals surface area contributed by atoms with Crippen molar-refractivity contribution in [2.45, 2.75) is 20.8 Å². The Bertz CT molecular complexity index is 1140. The number of carbonyl (C=O) groups excluding carboxylic acids is 1. The SMILES string of the molecule is Cc1ccc(-c2csc(-n3c(NC(=O)c4cccc(C)c4)cnc3C)n2)cc1. The molecule has 4 rings (SSSR count). The molecule has 1 amide bonds. The minimum atomic E-state index is -0.167. The van der Waals surface area contributed by atoms with Crippen LogP contribution in [0.5, 0.6) is 0 Å². The van der Waals surface area contributed by atoms with Crippen LogP contribution in [0.1, 0.15) is 27.3 Å². The molecule has 0 bridgehead atoms. The van der Waals surface area contributed by atoms with E-state index in [2.05, 4.69) is 41.5 Å². The third-order valence-corrected chi connectivity index (χ3v) is 5.32. The number of hydrogen-bond donors (Lipinski definition) is 1. The Morgan fingerprint density at radius 3 is 2.57 bits per heavy atom. The maximum Gasteiger partial charge on any atom is 0.256 e. The van der Waals surface area contributed by atoms with Gasteiger partial charge in [-0.3, -0.25) is 9.36 Å². The average molecular weight is 388 g/mol. The molecule has 0 aliphatic heterocycles. The Labute approximate surface area is 167 Å². The summed E-state index contributed by atoms with van der Waals surface area (Å²) in [4.78, 5) is 21.8. The van der Waals surface area contributed by atoms with Crippen molar-refractivity contribution in [3.8, 4) is 16.4 Å². The summed E-state index contributed by atoms with van der Waals surface area (Å²) in [5.74, 6) is 1.21. The Morgan fingerprint density at radius 2 is 1.82 bits per heavy atom. The summed E-state index contributed by atoms with van der Waals surface area (Å²) < 4.78 is 1.87. The minimum Gasteiger partial charge on any atom is -0.306 e. The highest BCUT2D eigenvalue weighted by atomic mass is 32.1. The number of hydrogen-bond acceptors (Lipinski definition) is 4. The fraction of sp³-hybridized carbons (Fsp3) is 0.136. The van der Waals surface area contributed by atoms with E-state index in [4.69, 9.17) is 4.98 Å². The van der Waals surface area contributed by atoms with Crippen molar-refractivity contribution in [3.63, 3.8) is 0 Å². The Hall–Kier alpha value is -3.25. The first-order valence-corrected chi connectivity index (χ1v) is 9.84. The number of anilines is 1. The first-order chi connectivity index (χ1) is 13.5. The highest BCUT2D eigenvalue weighted by Crippen LogP contribution is 2.27. The first kappa shape index (κ1) is 18.1. The molecule has 6 heteroatoms. The van der Waals surface area contributed by atoms with Crippen LogP contribution in [0.15, 0.2) is 60.1 Å². The summed E-state index contributed by atoms with van der Waals surface area (Å²) in [6.07, 6.45) is 1.66. The summed E-state index contributed by atoms with van der Waals surface area (Å²) in [6, 6.07) is 15.8. The molecule has 2 heterocycles. The lowest BCUT2D eigenvalue weighted by Gasteiger charge is -2.09. The molecular weight excluding hydrogens is 368 g/mol. The van der Waals surface area contributed by atoms with Crippen LogP contribution in [-0.2, 0) is 0 Å². The van der Waals surface area contributed by atoms with Gasteiger partial charge in [-0.1, -0.05) is 47.5 Å². The van der Waals surface area contributed by atoms with Gasteiger partial charge in [0, 0.05) is 16.5 Å². The predicted molar refractivity (Wildman–Crippen MR) is 113 cm³/mol. The maximum atomic E-state index is 12.6. The van der Waals surface area contributed by atoms with Crippen molar-refractivity contribution in [3.05, 3.63) is 82.6 Å². The van der Waals surface area contributed by atoms with E-state index in [-0.39, 0.29) is 5.91 Å². The van der Waals surface area contributed by atoms with Crippen molar-refractivity contribution < 1.29 is 4.79 Å². The lowest BCUT2D eigenvalue weighted by molar-refractivity contribution is 0.102. The fourth-order valence-electron chi connectivity index (χ4n) is 2.97. The molecule has 0 spiro atoms. The van der Waals surface area contributed by atoms with Gasteiger partial charge in [0.05, 0.1) is 11.9 Å². The molecule has 4 aromatic rings. The van der Waals surface area contributed by atoms with Gasteiger partial charge < -0.3 is 5.32 Å². The fourth-order valence-corrected chi connectivity index (χ4v) is 3.87. The van der Waals surface area contributed by atoms with Gasteiger partial charge in [-0.25, -0.2) is 9.97 Å². The monoisotopic (exact) mass is 388 g/mol. The van der Waals surface area contributed by atoms with Crippen LogP contribution >= 0.6 is 11.3 Å². The normalized spacial score (nSPS) is 10.8. The number of nitrogens with one attached hydrogen (secondary N) is 1. The molecule has 5 nitrogen and oxygen atoms in total. The van der Waals surface area contributed by atoms with Crippen LogP contribution in [0, 0.1) is 20.8 Å². The smallest absolute Gasteiger partial charge is 0.256 e. The zero-order valence-electron chi connectivity index (χ0n) is 15.9. The molecule has 0 aliphatic carbocycles. The minimum absolute atomic E-state index is 0.167. The van der Waals surface area contributed by atoms with E-state index < -0.39 is 0 Å². The molecule has 2 aromatic heterocycles. The summed E-state index contributed by atoms with van der Waals surface area (Å²) in [5.41, 5.74) is 4.84. The van der Waals surface area contributed by atoms with Gasteiger partial charge in [0.1, 0.15) is 11.6 Å². The second kappa shape index (κ2) is 7.40. The molecule has 0 fully saturated rings. The van der Waals surface area contributed by atoms with Crippen molar-refractivity contribution in [1.29, 1.82) is 0 Å². The Morgan fingerprint density at radius 1 is 1.04 bits per heavy atom. The van der Waals surface area contributed by atoms with Crippen molar-refractivity contribution in [2.24, 2.45) is 0 Å². The van der Waals surface area contributed by atoms with Crippen LogP contribution in [0.3, 0.4) is 0 Å². The van der Waals surface area contributed by atoms with E-state index >= 15 is 0 Å². The number of aryl methyl sites for hydroxylation is 3. The van der Waals surface area contributed by atoms with E-state index in [9.17, 15) is 4.79 Å². The van der Waals surface area contributed by atoms with E-state index in [0.29, 0.717) is 11.4 Å². The summed E-state index contributed by atoms with van der Waals surface area (Å²) in [5, 5.41) is 5.75. The third-order valence-electron chi connectivity index (χ3n) is 4.49. The van der Waals surface area contributed by atoms with Gasteiger partial charge in [-0.15, -0.1) is 11.3 Å². The van der Waals surface area contributed by atoms with Crippen LogP contribution in [0.4, 0.5) is 5.82 Å². The largest absolute Gasteiger partial charge is 0.306 e. The van der Waals surface area contributed by atoms with E-state index in [0.717, 1.165) is 27.8 Å². The van der Waals surface area contributed by atoms with Gasteiger partial charge in [-0.2, -0.15) is 0 Å². The molecule has 0 saturated carbocycles. The number of amides is 1. The van der Waals surface area contributed by atoms with Crippen molar-refractivity contribution >= 4 is 23.1 Å². The molecule has 0 atom stereocenters. The molecule has 0 unspecified atom stereocenters. The van der Waals surface area contributed by atoms with Gasteiger partial charge in [0.15, 0.2) is 5.13 Å². The van der Waals surface area contributed by atoms with Crippen molar-refractivity contribution in [2.75, 3.05) is 5.32 Å². The number of rotatable bonds is 4. The lowest BCUT2D eigenvalue weighted by atomic mass is 10.1. The molecule has 140 valence electrons. The Balaban J connectivity index is 1.64. The number of imidazole rings is 1. The van der Waals surface area contributed by atoms with Crippen molar-refractivity contribution in [1.82, 2.24) is 14.5 Å². The summed E-state index contributed by atoms with van der Waals surface area (Å²) >= 11 is 1.52. The van der Waals surface area contributed by atoms with Crippen LogP contribution < -0.4 is 5.32 Å². The number of carbonyl (C=O) groups is 1. The maximum absolute atomic E-state index is 12.6. The molecule has 0 aliphatic rings. The van der Waals surface area contributed by atoms with E-state index in [1.807, 2.05) is 42.0 Å². The molecule has 1 N–H and O–H groups in total. The van der Waals surface area contributed by atoms with Crippen LogP contribution in [0.25, 0.3) is 16.4 Å². The third kappa shape index (κ3) is 3.59. The topological polar surface area (TPSA) is 59.8 Å². The zero-order valence-corrected chi connectivity index (χ0v) is 16.7. The number of thiazole rings is 1. The molecule has 28 heavy (non-hydrogen) atoms. The first-order valence-electron chi connectivity index (χ1n) is 8.96. The Kier molecular flexibility index (Phi) is 4.79. The van der Waals surface area contributed by atoms with Gasteiger partial charge >= 0.3 is 0 Å². The predicted octanol–water partition coefficient (Wildman–Crippen LogP) is 5.17. The summed E-state index contributed by atoms with van der Waals surface area (Å²) in [7, 11) is 0. The molecule has 0 saturated heterocycles. The van der Waals surface area contributed by atoms with Gasteiger partial charge in [-0.05, 0) is 32.9 Å². The quantitative estimate of drug-likeness (QED) is 0.524. The lowest BCUT2D eigenvalue weighted by Crippen LogP contribution is -2.15. The van der Waals surface area contributed by atoms with Gasteiger partial charge in [0.2, 0.25) is 0 Å². The summed E-state index contributed by atoms with van der Waals surface area (Å²) in [6.45, 7) is 5.93. The van der Waals surface area contributed by atoms with E-state index in [1.165, 1.54) is 16.9 Å². The molecule has 0 radical (unpaired) electrons. The average Bonchev–Trinajstić information content (AvgIpc) is 3.29. The highest BCUT2D eigenvalue weighted by Gasteiger charge is 2.16. The molecule has 2 aromatic carbocycles. The number of aromatic nitrogens is 3. The van der Waals surface area contributed by atoms with Gasteiger partial charge in [0.25, 0.3) is 5.91 Å². The zero-order chi connectivity index (χ0) is 19.7. The van der Waals surface area contributed by atoms with Crippen LogP contribution in [-0.4, -0.2) is 20.4 Å². The highest BCUT2D eigenvalue weighted by molar-refractivity contribution is 7.12. The number of nitrogens with zero attached hydrogens (tertiary/aromatic N) is 3. The second-order valence-corrected chi connectivity index (χ2v) is 7.57. The standard InChI is InChI=1S/C22H20N4OS/c1-14-7-9-17(10-8-14)19-13-28-22(24-19)26-16(3)23-12-20(26)25-21(27)18-6-4-5-15(2)11-18/h4-13H,1-3H3,(H,25,27). The second-order valence-electron chi connectivity index (χ2n) is 6.73.